The van der Waals surface area contributed by atoms with Gasteiger partial charge in [-0.15, -0.1) is 0 Å². The molecule has 1 aromatic rings. The minimum Gasteiger partial charge on any atom is -0.476 e. The van der Waals surface area contributed by atoms with Gasteiger partial charge in [0.15, 0.2) is 0 Å². The zero-order valence-electron chi connectivity index (χ0n) is 9.98. The van der Waals surface area contributed by atoms with Crippen LogP contribution in [0.5, 0.6) is 0 Å². The van der Waals surface area contributed by atoms with Gasteiger partial charge in [0.1, 0.15) is 17.6 Å². The van der Waals surface area contributed by atoms with Crippen LogP contribution < -0.4 is 0 Å². The van der Waals surface area contributed by atoms with Crippen LogP contribution in [0.4, 0.5) is 13.6 Å². The number of alkyl halides is 2. The molecule has 0 aliphatic rings. The normalized spacial score (nSPS) is 12.3. The summed E-state index contributed by atoms with van der Waals surface area (Å²) >= 11 is 0. The molecule has 0 unspecified atom stereocenters. The number of aliphatic carboxylic acids is 1. The number of carbonyl (C=O) groups excluding carboxylic acids is 1. The van der Waals surface area contributed by atoms with Gasteiger partial charge in [0.05, 0.1) is 0 Å². The van der Waals surface area contributed by atoms with Crippen molar-refractivity contribution in [2.75, 3.05) is 0 Å². The Morgan fingerprint density at radius 3 is 2.39 bits per heavy atom. The van der Waals surface area contributed by atoms with Crippen LogP contribution in [0.15, 0.2) is 12.5 Å². The molecule has 1 N–H and O–H groups in total. The van der Waals surface area contributed by atoms with E-state index in [1.54, 1.807) is 20.8 Å². The van der Waals surface area contributed by atoms with Gasteiger partial charge in [0.2, 0.25) is 0 Å². The number of ether oxygens (including phenoxy) is 1. The molecule has 0 saturated heterocycles. The molecule has 0 atom stereocenters. The van der Waals surface area contributed by atoms with Crippen molar-refractivity contribution in [2.45, 2.75) is 32.3 Å². The summed E-state index contributed by atoms with van der Waals surface area (Å²) in [5.41, 5.74) is -1.82. The third-order valence-corrected chi connectivity index (χ3v) is 1.78. The Hall–Kier alpha value is -1.99. The van der Waals surface area contributed by atoms with Crippen molar-refractivity contribution < 1.29 is 28.2 Å². The van der Waals surface area contributed by atoms with Crippen LogP contribution in [0.1, 0.15) is 26.5 Å². The fourth-order valence-electron chi connectivity index (χ4n) is 1.01. The van der Waals surface area contributed by atoms with Gasteiger partial charge in [-0.2, -0.15) is 8.78 Å². The predicted octanol–water partition coefficient (Wildman–Crippen LogP) is 1.84. The minimum absolute atomic E-state index is 0.627. The quantitative estimate of drug-likeness (QED) is 0.879. The van der Waals surface area contributed by atoms with Crippen LogP contribution in [-0.4, -0.2) is 32.3 Å². The second-order valence-corrected chi connectivity index (χ2v) is 4.53. The Morgan fingerprint density at radius 2 is 1.94 bits per heavy atom. The molecule has 18 heavy (non-hydrogen) atoms. The second kappa shape index (κ2) is 4.35. The van der Waals surface area contributed by atoms with E-state index in [0.29, 0.717) is 10.8 Å². The minimum atomic E-state index is -4.15. The Labute approximate surface area is 101 Å². The highest BCUT2D eigenvalue weighted by atomic mass is 19.3. The first-order chi connectivity index (χ1) is 8.04. The maximum atomic E-state index is 13.1. The highest BCUT2D eigenvalue weighted by Gasteiger charge is 2.43. The van der Waals surface area contributed by atoms with Gasteiger partial charge in [-0.3, -0.25) is 0 Å². The molecule has 0 spiro atoms. The summed E-state index contributed by atoms with van der Waals surface area (Å²) in [7, 11) is 0. The van der Waals surface area contributed by atoms with Crippen molar-refractivity contribution in [3.8, 4) is 0 Å². The molecule has 0 aromatic carbocycles. The predicted molar refractivity (Wildman–Crippen MR) is 55.4 cm³/mol. The number of carboxylic acids is 1. The van der Waals surface area contributed by atoms with Crippen LogP contribution in [0.25, 0.3) is 0 Å². The Bertz CT molecular complexity index is 476. The molecule has 1 heterocycles. The third kappa shape index (κ3) is 3.02. The lowest BCUT2D eigenvalue weighted by atomic mass is 10.2. The molecule has 0 saturated carbocycles. The zero-order valence-corrected chi connectivity index (χ0v) is 9.98. The molecule has 0 aliphatic heterocycles. The number of aromatic nitrogens is 2. The van der Waals surface area contributed by atoms with Gasteiger partial charge < -0.3 is 9.84 Å². The number of rotatable bonds is 2. The van der Waals surface area contributed by atoms with Crippen LogP contribution in [-0.2, 0) is 15.5 Å². The van der Waals surface area contributed by atoms with E-state index in [2.05, 4.69) is 4.98 Å². The standard InChI is InChI=1S/C10H12F2N2O4/c1-9(2,3)18-8(17)14-4-6(13-5-14)10(11,12)7(15)16/h4-5H,1-3H3,(H,15,16). The number of hydrogen-bond acceptors (Lipinski definition) is 4. The lowest BCUT2D eigenvalue weighted by Crippen LogP contribution is -2.27. The summed E-state index contributed by atoms with van der Waals surface area (Å²) in [6.07, 6.45) is 0.491. The van der Waals surface area contributed by atoms with E-state index in [1.807, 2.05) is 0 Å². The number of hydrogen-bond donors (Lipinski definition) is 1. The van der Waals surface area contributed by atoms with Gasteiger partial charge in [0.25, 0.3) is 0 Å². The van der Waals surface area contributed by atoms with E-state index in [1.165, 1.54) is 0 Å². The largest absolute Gasteiger partial charge is 0.476 e. The summed E-state index contributed by atoms with van der Waals surface area (Å²) in [5.74, 6) is -6.48. The molecule has 0 radical (unpaired) electrons. The third-order valence-electron chi connectivity index (χ3n) is 1.78. The molecule has 1 aromatic heterocycles. The maximum absolute atomic E-state index is 13.1. The molecule has 1 rings (SSSR count). The average molecular weight is 262 g/mol. The Kier molecular flexibility index (Phi) is 3.40. The molecule has 0 bridgehead atoms. The monoisotopic (exact) mass is 262 g/mol. The lowest BCUT2D eigenvalue weighted by Gasteiger charge is -2.19. The number of imidazole rings is 1. The van der Waals surface area contributed by atoms with E-state index in [4.69, 9.17) is 9.84 Å². The molecule has 0 aliphatic carbocycles. The van der Waals surface area contributed by atoms with Crippen LogP contribution in [0.2, 0.25) is 0 Å². The van der Waals surface area contributed by atoms with Gasteiger partial charge in [-0.25, -0.2) is 19.1 Å². The summed E-state index contributed by atoms with van der Waals surface area (Å²) in [6.45, 7) is 4.82. The van der Waals surface area contributed by atoms with E-state index in [9.17, 15) is 18.4 Å². The smallest absolute Gasteiger partial charge is 0.419 e. The first-order valence-corrected chi connectivity index (χ1v) is 4.93. The van der Waals surface area contributed by atoms with Gasteiger partial charge in [0, 0.05) is 6.20 Å². The fraction of sp³-hybridized carbons (Fsp3) is 0.500. The maximum Gasteiger partial charge on any atom is 0.419 e. The van der Waals surface area contributed by atoms with Crippen molar-refractivity contribution >= 4 is 12.1 Å². The van der Waals surface area contributed by atoms with E-state index < -0.39 is 29.3 Å². The number of halogens is 2. The number of nitrogens with zero attached hydrogens (tertiary/aromatic N) is 2. The van der Waals surface area contributed by atoms with Gasteiger partial charge >= 0.3 is 18.0 Å². The van der Waals surface area contributed by atoms with Crippen LogP contribution >= 0.6 is 0 Å². The van der Waals surface area contributed by atoms with Crippen molar-refractivity contribution in [3.63, 3.8) is 0 Å². The molecule has 100 valence electrons. The Morgan fingerprint density at radius 1 is 1.39 bits per heavy atom. The zero-order chi connectivity index (χ0) is 14.1. The molecule has 0 amide bonds. The molecular weight excluding hydrogens is 250 g/mol. The first kappa shape index (κ1) is 14.1. The van der Waals surface area contributed by atoms with Crippen LogP contribution in [0.3, 0.4) is 0 Å². The molecular formula is C10H12F2N2O4. The van der Waals surface area contributed by atoms with Crippen molar-refractivity contribution in [1.82, 2.24) is 9.55 Å². The van der Waals surface area contributed by atoms with Crippen molar-refractivity contribution in [3.05, 3.63) is 18.2 Å². The van der Waals surface area contributed by atoms with Gasteiger partial charge in [-0.05, 0) is 20.8 Å². The SMILES string of the molecule is CC(C)(C)OC(=O)n1cnc(C(F)(F)C(=O)O)c1. The first-order valence-electron chi connectivity index (χ1n) is 4.93. The molecule has 6 nitrogen and oxygen atoms in total. The summed E-state index contributed by atoms with van der Waals surface area (Å²) in [4.78, 5) is 25.0. The van der Waals surface area contributed by atoms with Gasteiger partial charge in [-0.1, -0.05) is 0 Å². The van der Waals surface area contributed by atoms with Crippen molar-refractivity contribution in [1.29, 1.82) is 0 Å². The lowest BCUT2D eigenvalue weighted by molar-refractivity contribution is -0.166. The highest BCUT2D eigenvalue weighted by molar-refractivity contribution is 5.77. The highest BCUT2D eigenvalue weighted by Crippen LogP contribution is 2.26. The van der Waals surface area contributed by atoms with E-state index >= 15 is 0 Å². The summed E-state index contributed by atoms with van der Waals surface area (Å²) < 4.78 is 31.7. The second-order valence-electron chi connectivity index (χ2n) is 4.53. The number of carboxylic acid groups (broad SMARTS) is 1. The van der Waals surface area contributed by atoms with Crippen LogP contribution in [0, 0.1) is 0 Å². The molecule has 8 heteroatoms. The fourth-order valence-corrected chi connectivity index (χ4v) is 1.01. The van der Waals surface area contributed by atoms with E-state index in [-0.39, 0.29) is 0 Å². The van der Waals surface area contributed by atoms with E-state index in [0.717, 1.165) is 6.33 Å². The Balaban J connectivity index is 2.94. The average Bonchev–Trinajstić information content (AvgIpc) is 2.63. The summed E-state index contributed by atoms with van der Waals surface area (Å²) in [5, 5.41) is 8.31. The number of carbonyl (C=O) groups is 2. The molecule has 0 fully saturated rings. The summed E-state index contributed by atoms with van der Waals surface area (Å²) in [6, 6.07) is 0. The van der Waals surface area contributed by atoms with Crippen molar-refractivity contribution in [2.24, 2.45) is 0 Å². The topological polar surface area (TPSA) is 81.4 Å².